The second kappa shape index (κ2) is 61.9. The summed E-state index contributed by atoms with van der Waals surface area (Å²) in [4.78, 5) is 13.5. The number of rotatable bonds is 65. The Kier molecular flexibility index (Phi) is 56.9. The number of nitrogens with one attached hydrogen (secondary N) is 1. The highest BCUT2D eigenvalue weighted by molar-refractivity contribution is 5.76. The summed E-state index contributed by atoms with van der Waals surface area (Å²) >= 11 is 0. The van der Waals surface area contributed by atoms with E-state index in [2.05, 4.69) is 55.6 Å². The molecule has 19 heteroatoms. The third-order valence-electron chi connectivity index (χ3n) is 20.3. The van der Waals surface area contributed by atoms with E-state index in [1.165, 1.54) is 250 Å². The van der Waals surface area contributed by atoms with Crippen LogP contribution in [0.4, 0.5) is 0 Å². The van der Waals surface area contributed by atoms with E-state index in [1.807, 2.05) is 6.08 Å². The Bertz CT molecular complexity index is 1990. The van der Waals surface area contributed by atoms with Crippen LogP contribution in [-0.2, 0) is 33.2 Å². The van der Waals surface area contributed by atoms with Gasteiger partial charge in [0.1, 0.15) is 73.2 Å². The molecule has 3 saturated heterocycles. The normalized spacial score (nSPS) is 26.7. The molecule has 3 aliphatic rings. The molecule has 0 spiro atoms. The van der Waals surface area contributed by atoms with Crippen LogP contribution in [0.3, 0.4) is 0 Å². The standard InChI is InChI=1S/C81H149NO18/c1-3-5-7-9-11-13-15-17-19-21-23-25-27-29-31-33-34-36-38-40-42-44-46-48-50-52-54-56-58-65(86)64(82-69(87)59-57-55-53-51-49-47-45-43-41-39-37-35-32-30-28-26-24-22-20-18-16-14-12-10-8-6-4-2)63-95-79-75(93)72(90)77(67(61-84)97-79)100-81-76(94)73(91)78(68(62-85)98-81)99-80-74(92)71(89)70(88)66(60-83)96-80/h22,24,40,42,48,50,56,58,64-68,70-81,83-86,88-94H,3-21,23,25-39,41,43-47,49,51-55,57,59-63H2,1-2H3,(H,82,87)/b24-22-,42-40+,50-48+,58-56+. The van der Waals surface area contributed by atoms with Gasteiger partial charge in [-0.3, -0.25) is 4.79 Å². The van der Waals surface area contributed by atoms with Crippen molar-refractivity contribution in [1.29, 1.82) is 0 Å². The van der Waals surface area contributed by atoms with E-state index >= 15 is 0 Å². The van der Waals surface area contributed by atoms with Gasteiger partial charge in [-0.1, -0.05) is 300 Å². The average molecular weight is 1430 g/mol. The van der Waals surface area contributed by atoms with Crippen molar-refractivity contribution in [3.63, 3.8) is 0 Å². The Morgan fingerprint density at radius 3 is 1.00 bits per heavy atom. The molecular formula is C81H149NO18. The number of hydrogen-bond acceptors (Lipinski definition) is 18. The molecule has 0 aromatic carbocycles. The summed E-state index contributed by atoms with van der Waals surface area (Å²) in [6, 6.07) is -0.998. The van der Waals surface area contributed by atoms with Gasteiger partial charge < -0.3 is 89.9 Å². The molecule has 100 heavy (non-hydrogen) atoms. The van der Waals surface area contributed by atoms with E-state index < -0.39 is 124 Å². The molecule has 1 amide bonds. The first-order chi connectivity index (χ1) is 48.8. The topological polar surface area (TPSA) is 307 Å². The van der Waals surface area contributed by atoms with Gasteiger partial charge in [-0.25, -0.2) is 0 Å². The van der Waals surface area contributed by atoms with Crippen molar-refractivity contribution in [2.45, 2.75) is 433 Å². The molecule has 17 atom stereocenters. The molecule has 0 bridgehead atoms. The van der Waals surface area contributed by atoms with Gasteiger partial charge in [0.15, 0.2) is 18.9 Å². The highest BCUT2D eigenvalue weighted by Crippen LogP contribution is 2.33. The number of allylic oxidation sites excluding steroid dienone is 7. The SMILES string of the molecule is CCCCCCCCCC/C=C\CCCCCCCCCCCCCCCCCC(=O)NC(COC1OC(CO)C(OC2OC(CO)C(OC3OC(CO)C(O)C(O)C3O)C(O)C2O)C(O)C1O)C(O)/C=C/CC/C=C/CC/C=C/CCCCCCCCCCCCCCCCCCCC. The number of aliphatic hydroxyl groups excluding tert-OH is 11. The molecule has 12 N–H and O–H groups in total. The number of aliphatic hydroxyl groups is 11. The summed E-state index contributed by atoms with van der Waals surface area (Å²) in [5.74, 6) is -0.285. The second-order valence-corrected chi connectivity index (χ2v) is 29.2. The molecule has 17 unspecified atom stereocenters. The van der Waals surface area contributed by atoms with Crippen LogP contribution < -0.4 is 5.32 Å². The number of hydrogen-bond donors (Lipinski definition) is 12. The van der Waals surface area contributed by atoms with E-state index in [1.54, 1.807) is 6.08 Å². The van der Waals surface area contributed by atoms with E-state index in [0.717, 1.165) is 44.9 Å². The maximum atomic E-state index is 13.5. The highest BCUT2D eigenvalue weighted by Gasteiger charge is 2.54. The maximum absolute atomic E-state index is 13.5. The fourth-order valence-corrected chi connectivity index (χ4v) is 13.8. The first-order valence-electron chi connectivity index (χ1n) is 40.9. The monoisotopic (exact) mass is 1420 g/mol. The zero-order valence-electron chi connectivity index (χ0n) is 62.7. The fourth-order valence-electron chi connectivity index (χ4n) is 13.8. The van der Waals surface area contributed by atoms with Crippen LogP contribution >= 0.6 is 0 Å². The lowest BCUT2D eigenvalue weighted by Gasteiger charge is -2.48. The maximum Gasteiger partial charge on any atom is 0.220 e. The number of ether oxygens (including phenoxy) is 6. The Morgan fingerprint density at radius 2 is 0.640 bits per heavy atom. The van der Waals surface area contributed by atoms with Crippen LogP contribution in [0, 0.1) is 0 Å². The molecule has 3 rings (SSSR count). The number of carbonyl (C=O) groups is 1. The average Bonchev–Trinajstić information content (AvgIpc) is 0.783. The van der Waals surface area contributed by atoms with Crippen LogP contribution in [0.2, 0.25) is 0 Å². The van der Waals surface area contributed by atoms with Crippen molar-refractivity contribution in [3.05, 3.63) is 48.6 Å². The smallest absolute Gasteiger partial charge is 0.220 e. The Hall–Kier alpha value is -2.25. The third kappa shape index (κ3) is 41.6. The first-order valence-corrected chi connectivity index (χ1v) is 40.9. The van der Waals surface area contributed by atoms with Gasteiger partial charge >= 0.3 is 0 Å². The lowest BCUT2D eigenvalue weighted by Crippen LogP contribution is -2.66. The third-order valence-corrected chi connectivity index (χ3v) is 20.3. The molecule has 0 saturated carbocycles. The molecule has 3 fully saturated rings. The van der Waals surface area contributed by atoms with Gasteiger partial charge in [0.2, 0.25) is 5.91 Å². The molecule has 0 radical (unpaired) electrons. The minimum Gasteiger partial charge on any atom is -0.394 e. The number of amides is 1. The molecule has 3 aliphatic heterocycles. The largest absolute Gasteiger partial charge is 0.394 e. The van der Waals surface area contributed by atoms with Crippen molar-refractivity contribution in [2.24, 2.45) is 0 Å². The quantitative estimate of drug-likeness (QED) is 0.0199. The van der Waals surface area contributed by atoms with Crippen molar-refractivity contribution in [3.8, 4) is 0 Å². The molecule has 3 heterocycles. The number of unbranched alkanes of at least 4 members (excludes halogenated alkanes) is 43. The predicted octanol–water partition coefficient (Wildman–Crippen LogP) is 13.7. The predicted molar refractivity (Wildman–Crippen MR) is 397 cm³/mol. The van der Waals surface area contributed by atoms with Crippen LogP contribution in [0.15, 0.2) is 48.6 Å². The minimum atomic E-state index is -1.98. The van der Waals surface area contributed by atoms with Crippen molar-refractivity contribution in [1.82, 2.24) is 5.32 Å². The van der Waals surface area contributed by atoms with Crippen LogP contribution in [-0.4, -0.2) is 193 Å². The van der Waals surface area contributed by atoms with Gasteiger partial charge in [-0.05, 0) is 70.6 Å². The zero-order valence-corrected chi connectivity index (χ0v) is 62.7. The van der Waals surface area contributed by atoms with Crippen LogP contribution in [0.1, 0.15) is 328 Å². The minimum absolute atomic E-state index is 0.234. The summed E-state index contributed by atoms with van der Waals surface area (Å²) in [5, 5.41) is 121. The molecule has 0 aromatic rings. The highest BCUT2D eigenvalue weighted by atomic mass is 16.8. The lowest BCUT2D eigenvalue weighted by molar-refractivity contribution is -0.379. The van der Waals surface area contributed by atoms with Gasteiger partial charge in [-0.15, -0.1) is 0 Å². The molecule has 586 valence electrons. The molecule has 19 nitrogen and oxygen atoms in total. The van der Waals surface area contributed by atoms with Gasteiger partial charge in [0.05, 0.1) is 38.6 Å². The van der Waals surface area contributed by atoms with E-state index in [-0.39, 0.29) is 18.9 Å². The zero-order chi connectivity index (χ0) is 72.5. The Morgan fingerprint density at radius 1 is 0.350 bits per heavy atom. The number of carbonyl (C=O) groups excluding carboxylic acids is 1. The second-order valence-electron chi connectivity index (χ2n) is 29.2. The molecule has 0 aromatic heterocycles. The summed E-state index contributed by atoms with van der Waals surface area (Å²) in [7, 11) is 0. The summed E-state index contributed by atoms with van der Waals surface area (Å²) in [6.07, 6.45) is 51.1. The summed E-state index contributed by atoms with van der Waals surface area (Å²) in [6.45, 7) is 1.76. The van der Waals surface area contributed by atoms with Gasteiger partial charge in [-0.2, -0.15) is 0 Å². The van der Waals surface area contributed by atoms with Crippen LogP contribution in [0.25, 0.3) is 0 Å². The van der Waals surface area contributed by atoms with Crippen molar-refractivity contribution < 1.29 is 89.4 Å². The summed E-state index contributed by atoms with van der Waals surface area (Å²) < 4.78 is 34.4. The first kappa shape index (κ1) is 92.0. The lowest BCUT2D eigenvalue weighted by atomic mass is 9.96. The molecule has 0 aliphatic carbocycles. The van der Waals surface area contributed by atoms with Crippen molar-refractivity contribution >= 4 is 5.91 Å². The summed E-state index contributed by atoms with van der Waals surface area (Å²) in [5.41, 5.74) is 0. The molecular weight excluding hydrogens is 1270 g/mol. The van der Waals surface area contributed by atoms with Crippen LogP contribution in [0.5, 0.6) is 0 Å². The van der Waals surface area contributed by atoms with E-state index in [4.69, 9.17) is 28.4 Å². The van der Waals surface area contributed by atoms with E-state index in [9.17, 15) is 61.0 Å². The van der Waals surface area contributed by atoms with Gasteiger partial charge in [0, 0.05) is 6.42 Å². The Labute approximate surface area is 605 Å². The van der Waals surface area contributed by atoms with E-state index in [0.29, 0.717) is 12.8 Å². The fraction of sp³-hybridized carbons (Fsp3) is 0.889. The van der Waals surface area contributed by atoms with Gasteiger partial charge in [0.25, 0.3) is 0 Å². The Balaban J connectivity index is 1.39. The van der Waals surface area contributed by atoms with Crippen molar-refractivity contribution in [2.75, 3.05) is 26.4 Å².